The average molecular weight is 314 g/mol. The minimum absolute atomic E-state index is 0.00815. The highest BCUT2D eigenvalue weighted by molar-refractivity contribution is 5.79. The third kappa shape index (κ3) is 4.16. The first-order valence-electron chi connectivity index (χ1n) is 8.02. The van der Waals surface area contributed by atoms with Crippen LogP contribution in [0.15, 0.2) is 36.9 Å². The van der Waals surface area contributed by atoms with Crippen molar-refractivity contribution in [3.8, 4) is 0 Å². The fourth-order valence-electron chi connectivity index (χ4n) is 2.85. The van der Waals surface area contributed by atoms with Gasteiger partial charge in [-0.25, -0.2) is 9.67 Å². The fourth-order valence-corrected chi connectivity index (χ4v) is 2.85. The van der Waals surface area contributed by atoms with Gasteiger partial charge in [0.2, 0.25) is 5.91 Å². The molecule has 1 saturated heterocycles. The van der Waals surface area contributed by atoms with Crippen molar-refractivity contribution < 1.29 is 9.53 Å². The Balaban J connectivity index is 1.51. The second-order valence-corrected chi connectivity index (χ2v) is 5.95. The minimum Gasteiger partial charge on any atom is -0.378 e. The van der Waals surface area contributed by atoms with Crippen molar-refractivity contribution in [2.24, 2.45) is 5.92 Å². The molecule has 1 aromatic heterocycles. The van der Waals surface area contributed by atoms with Crippen molar-refractivity contribution in [2.45, 2.75) is 39.0 Å². The summed E-state index contributed by atoms with van der Waals surface area (Å²) in [5.41, 5.74) is 2.24. The van der Waals surface area contributed by atoms with E-state index < -0.39 is 0 Å². The Bertz CT molecular complexity index is 625. The minimum atomic E-state index is -0.0321. The number of amides is 1. The van der Waals surface area contributed by atoms with Gasteiger partial charge in [0.1, 0.15) is 12.7 Å². The molecule has 6 nitrogen and oxygen atoms in total. The molecular formula is C17H22N4O2. The van der Waals surface area contributed by atoms with Crippen LogP contribution in [0.5, 0.6) is 0 Å². The van der Waals surface area contributed by atoms with Crippen molar-refractivity contribution in [3.63, 3.8) is 0 Å². The molecule has 2 atom stereocenters. The number of aromatic nitrogens is 3. The monoisotopic (exact) mass is 314 g/mol. The first-order chi connectivity index (χ1) is 11.2. The Labute approximate surface area is 135 Å². The van der Waals surface area contributed by atoms with E-state index in [0.717, 1.165) is 30.6 Å². The van der Waals surface area contributed by atoms with Crippen LogP contribution in [0.2, 0.25) is 0 Å². The number of rotatable bonds is 5. The SMILES string of the molecule is CC1OCCCC1C(=O)NCc1ccc(Cn2cncn2)cc1. The lowest BCUT2D eigenvalue weighted by Crippen LogP contribution is -2.39. The highest BCUT2D eigenvalue weighted by Crippen LogP contribution is 2.20. The zero-order chi connectivity index (χ0) is 16.1. The van der Waals surface area contributed by atoms with Gasteiger partial charge in [-0.1, -0.05) is 24.3 Å². The topological polar surface area (TPSA) is 69.0 Å². The van der Waals surface area contributed by atoms with Crippen molar-refractivity contribution in [3.05, 3.63) is 48.0 Å². The number of hydrogen-bond acceptors (Lipinski definition) is 4. The predicted molar refractivity (Wildman–Crippen MR) is 85.6 cm³/mol. The second kappa shape index (κ2) is 7.37. The van der Waals surface area contributed by atoms with Gasteiger partial charge in [0.15, 0.2) is 0 Å². The van der Waals surface area contributed by atoms with Crippen LogP contribution in [0.25, 0.3) is 0 Å². The summed E-state index contributed by atoms with van der Waals surface area (Å²) in [6.45, 7) is 3.98. The molecule has 0 bridgehead atoms. The van der Waals surface area contributed by atoms with Crippen LogP contribution in [0.1, 0.15) is 30.9 Å². The Morgan fingerprint density at radius 1 is 1.35 bits per heavy atom. The first-order valence-corrected chi connectivity index (χ1v) is 8.02. The zero-order valence-electron chi connectivity index (χ0n) is 13.3. The van der Waals surface area contributed by atoms with Gasteiger partial charge in [-0.05, 0) is 30.9 Å². The molecule has 2 unspecified atom stereocenters. The van der Waals surface area contributed by atoms with Gasteiger partial charge >= 0.3 is 0 Å². The summed E-state index contributed by atoms with van der Waals surface area (Å²) < 4.78 is 7.33. The zero-order valence-corrected chi connectivity index (χ0v) is 13.3. The van der Waals surface area contributed by atoms with Gasteiger partial charge in [-0.2, -0.15) is 5.10 Å². The van der Waals surface area contributed by atoms with Crippen LogP contribution in [-0.2, 0) is 22.6 Å². The number of ether oxygens (including phenoxy) is 1. The molecule has 122 valence electrons. The highest BCUT2D eigenvalue weighted by atomic mass is 16.5. The van der Waals surface area contributed by atoms with E-state index in [1.807, 2.05) is 19.1 Å². The second-order valence-electron chi connectivity index (χ2n) is 5.95. The lowest BCUT2D eigenvalue weighted by molar-refractivity contribution is -0.133. The van der Waals surface area contributed by atoms with E-state index in [1.54, 1.807) is 11.0 Å². The van der Waals surface area contributed by atoms with Crippen molar-refractivity contribution in [1.82, 2.24) is 20.1 Å². The lowest BCUT2D eigenvalue weighted by atomic mass is 9.94. The summed E-state index contributed by atoms with van der Waals surface area (Å²) in [4.78, 5) is 16.2. The number of benzene rings is 1. The summed E-state index contributed by atoms with van der Waals surface area (Å²) in [5.74, 6) is 0.0548. The maximum Gasteiger partial charge on any atom is 0.225 e. The molecule has 1 aliphatic rings. The van der Waals surface area contributed by atoms with E-state index in [2.05, 4.69) is 27.5 Å². The maximum atomic E-state index is 12.3. The molecule has 2 aromatic rings. The molecule has 23 heavy (non-hydrogen) atoms. The van der Waals surface area contributed by atoms with Gasteiger partial charge in [-0.15, -0.1) is 0 Å². The summed E-state index contributed by atoms with van der Waals surface area (Å²) in [7, 11) is 0. The normalized spacial score (nSPS) is 21.1. The molecule has 6 heteroatoms. The van der Waals surface area contributed by atoms with Crippen LogP contribution in [0.3, 0.4) is 0 Å². The number of nitrogens with one attached hydrogen (secondary N) is 1. The van der Waals surface area contributed by atoms with Crippen molar-refractivity contribution in [1.29, 1.82) is 0 Å². The van der Waals surface area contributed by atoms with Gasteiger partial charge < -0.3 is 10.1 Å². The quantitative estimate of drug-likeness (QED) is 0.913. The van der Waals surface area contributed by atoms with Crippen LogP contribution in [0.4, 0.5) is 0 Å². The number of carbonyl (C=O) groups is 1. The smallest absolute Gasteiger partial charge is 0.225 e. The summed E-state index contributed by atoms with van der Waals surface area (Å²) in [6, 6.07) is 8.17. The molecule has 1 aromatic carbocycles. The summed E-state index contributed by atoms with van der Waals surface area (Å²) in [6.07, 6.45) is 5.10. The van der Waals surface area contributed by atoms with Gasteiger partial charge in [0, 0.05) is 13.2 Å². The Morgan fingerprint density at radius 2 is 2.13 bits per heavy atom. The summed E-state index contributed by atoms with van der Waals surface area (Å²) in [5, 5.41) is 7.11. The molecule has 3 rings (SSSR count). The van der Waals surface area contributed by atoms with E-state index in [4.69, 9.17) is 4.74 Å². The number of nitrogens with zero attached hydrogens (tertiary/aromatic N) is 3. The van der Waals surface area contributed by atoms with Crippen LogP contribution >= 0.6 is 0 Å². The van der Waals surface area contributed by atoms with E-state index in [-0.39, 0.29) is 17.9 Å². The van der Waals surface area contributed by atoms with E-state index in [0.29, 0.717) is 13.1 Å². The Hall–Kier alpha value is -2.21. The molecule has 0 radical (unpaired) electrons. The van der Waals surface area contributed by atoms with Gasteiger partial charge in [-0.3, -0.25) is 4.79 Å². The molecule has 0 saturated carbocycles. The highest BCUT2D eigenvalue weighted by Gasteiger charge is 2.28. The molecule has 1 amide bonds. The third-order valence-electron chi connectivity index (χ3n) is 4.24. The Morgan fingerprint density at radius 3 is 2.83 bits per heavy atom. The Kier molecular flexibility index (Phi) is 5.02. The van der Waals surface area contributed by atoms with Crippen molar-refractivity contribution in [2.75, 3.05) is 6.61 Å². The van der Waals surface area contributed by atoms with Gasteiger partial charge in [0.05, 0.1) is 18.6 Å². The number of hydrogen-bond donors (Lipinski definition) is 1. The van der Waals surface area contributed by atoms with E-state index in [1.165, 1.54) is 6.33 Å². The molecule has 1 N–H and O–H groups in total. The molecule has 1 aliphatic heterocycles. The average Bonchev–Trinajstić information content (AvgIpc) is 3.07. The standard InChI is InChI=1S/C17H22N4O2/c1-13-16(3-2-8-23-13)17(22)19-9-14-4-6-15(7-5-14)10-21-12-18-11-20-21/h4-7,11-13,16H,2-3,8-10H2,1H3,(H,19,22). The van der Waals surface area contributed by atoms with Gasteiger partial charge in [0.25, 0.3) is 0 Å². The van der Waals surface area contributed by atoms with E-state index >= 15 is 0 Å². The first kappa shape index (κ1) is 15.7. The number of carbonyl (C=O) groups excluding carboxylic acids is 1. The molecule has 1 fully saturated rings. The summed E-state index contributed by atoms with van der Waals surface area (Å²) >= 11 is 0. The molecule has 0 aliphatic carbocycles. The predicted octanol–water partition coefficient (Wildman–Crippen LogP) is 1.76. The fraction of sp³-hybridized carbons (Fsp3) is 0.471. The molecular weight excluding hydrogens is 292 g/mol. The van der Waals surface area contributed by atoms with Crippen LogP contribution in [0, 0.1) is 5.92 Å². The maximum absolute atomic E-state index is 12.3. The lowest BCUT2D eigenvalue weighted by Gasteiger charge is -2.28. The third-order valence-corrected chi connectivity index (χ3v) is 4.24. The van der Waals surface area contributed by atoms with Crippen LogP contribution < -0.4 is 5.32 Å². The largest absolute Gasteiger partial charge is 0.378 e. The van der Waals surface area contributed by atoms with Crippen LogP contribution in [-0.4, -0.2) is 33.4 Å². The molecule has 2 heterocycles. The van der Waals surface area contributed by atoms with E-state index in [9.17, 15) is 4.79 Å². The van der Waals surface area contributed by atoms with Crippen molar-refractivity contribution >= 4 is 5.91 Å². The molecule has 0 spiro atoms.